The third-order valence-corrected chi connectivity index (χ3v) is 3.46. The number of alkyl halides is 1. The van der Waals surface area contributed by atoms with Crippen LogP contribution in [0, 0.1) is 5.82 Å². The van der Waals surface area contributed by atoms with Crippen molar-refractivity contribution >= 4 is 23.2 Å². The predicted octanol–water partition coefficient (Wildman–Crippen LogP) is 4.99. The molecule has 3 heteroatoms. The first-order valence-corrected chi connectivity index (χ1v) is 5.96. The second-order valence-corrected chi connectivity index (χ2v) is 4.73. The molecule has 2 atom stereocenters. The molecule has 0 bridgehead atoms. The van der Waals surface area contributed by atoms with Gasteiger partial charge in [0.05, 0.1) is 5.02 Å². The molecule has 0 fully saturated rings. The molecule has 0 heterocycles. The minimum atomic E-state index is -0.380. The molecule has 1 aromatic rings. The molecule has 2 unspecified atom stereocenters. The second-order valence-electron chi connectivity index (χ2n) is 3.77. The van der Waals surface area contributed by atoms with Crippen molar-refractivity contribution in [3.63, 3.8) is 0 Å². The first-order valence-electron chi connectivity index (χ1n) is 5.15. The smallest absolute Gasteiger partial charge is 0.141 e. The fourth-order valence-electron chi connectivity index (χ4n) is 1.53. The molecule has 0 saturated carbocycles. The quantitative estimate of drug-likeness (QED) is 0.659. The standard InChI is InChI=1S/C12H15Cl2F/c1-3-4-10(13)8(2)9-5-6-12(15)11(14)7-9/h5-8,10H,3-4H2,1-2H3. The summed E-state index contributed by atoms with van der Waals surface area (Å²) in [6.45, 7) is 4.14. The van der Waals surface area contributed by atoms with Gasteiger partial charge < -0.3 is 0 Å². The van der Waals surface area contributed by atoms with E-state index in [1.165, 1.54) is 6.07 Å². The number of benzene rings is 1. The van der Waals surface area contributed by atoms with Gasteiger partial charge in [-0.3, -0.25) is 0 Å². The van der Waals surface area contributed by atoms with Crippen molar-refractivity contribution in [3.8, 4) is 0 Å². The van der Waals surface area contributed by atoms with E-state index in [0.29, 0.717) is 0 Å². The Morgan fingerprint density at radius 3 is 2.60 bits per heavy atom. The number of hydrogen-bond donors (Lipinski definition) is 0. The SMILES string of the molecule is CCCC(Cl)C(C)c1ccc(F)c(Cl)c1. The van der Waals surface area contributed by atoms with Gasteiger partial charge in [0, 0.05) is 5.38 Å². The Morgan fingerprint density at radius 1 is 1.40 bits per heavy atom. The average molecular weight is 249 g/mol. The minimum Gasteiger partial charge on any atom is -0.205 e. The summed E-state index contributed by atoms with van der Waals surface area (Å²) in [4.78, 5) is 0. The molecule has 15 heavy (non-hydrogen) atoms. The third-order valence-electron chi connectivity index (χ3n) is 2.58. The maximum absolute atomic E-state index is 12.9. The Balaban J connectivity index is 2.81. The first-order chi connectivity index (χ1) is 7.06. The molecule has 0 aliphatic heterocycles. The van der Waals surface area contributed by atoms with Crippen molar-refractivity contribution < 1.29 is 4.39 Å². The largest absolute Gasteiger partial charge is 0.205 e. The van der Waals surface area contributed by atoms with E-state index in [1.54, 1.807) is 12.1 Å². The summed E-state index contributed by atoms with van der Waals surface area (Å²) in [5.41, 5.74) is 0.995. The van der Waals surface area contributed by atoms with Gasteiger partial charge in [-0.25, -0.2) is 4.39 Å². The van der Waals surface area contributed by atoms with Gasteiger partial charge in [-0.05, 0) is 30.0 Å². The lowest BCUT2D eigenvalue weighted by molar-refractivity contribution is 0.616. The predicted molar refractivity (Wildman–Crippen MR) is 64.4 cm³/mol. The highest BCUT2D eigenvalue weighted by Gasteiger charge is 2.16. The fraction of sp³-hybridized carbons (Fsp3) is 0.500. The van der Waals surface area contributed by atoms with Crippen LogP contribution in [0.5, 0.6) is 0 Å². The zero-order valence-corrected chi connectivity index (χ0v) is 10.4. The highest BCUT2D eigenvalue weighted by Crippen LogP contribution is 2.29. The van der Waals surface area contributed by atoms with Crippen LogP contribution in [0.4, 0.5) is 4.39 Å². The summed E-state index contributed by atoms with van der Waals surface area (Å²) in [6.07, 6.45) is 2.01. The van der Waals surface area contributed by atoms with Crippen LogP contribution in [0.3, 0.4) is 0 Å². The minimum absolute atomic E-state index is 0.0801. The van der Waals surface area contributed by atoms with Crippen molar-refractivity contribution in [2.45, 2.75) is 38.0 Å². The lowest BCUT2D eigenvalue weighted by atomic mass is 9.95. The molecule has 0 amide bonds. The van der Waals surface area contributed by atoms with Gasteiger partial charge in [0.15, 0.2) is 0 Å². The van der Waals surface area contributed by atoms with E-state index in [1.807, 2.05) is 6.92 Å². The summed E-state index contributed by atoms with van der Waals surface area (Å²) < 4.78 is 12.9. The molecule has 0 saturated heterocycles. The van der Waals surface area contributed by atoms with Crippen LogP contribution in [0.1, 0.15) is 38.2 Å². The van der Waals surface area contributed by atoms with Crippen molar-refractivity contribution in [2.75, 3.05) is 0 Å². The zero-order chi connectivity index (χ0) is 11.4. The third kappa shape index (κ3) is 3.35. The molecule has 0 spiro atoms. The molecule has 0 aromatic heterocycles. The molecule has 1 aromatic carbocycles. The van der Waals surface area contributed by atoms with Crippen molar-refractivity contribution in [1.82, 2.24) is 0 Å². The van der Waals surface area contributed by atoms with Crippen LogP contribution < -0.4 is 0 Å². The maximum atomic E-state index is 12.9. The summed E-state index contributed by atoms with van der Waals surface area (Å²) in [6, 6.07) is 4.80. The van der Waals surface area contributed by atoms with Crippen LogP contribution >= 0.6 is 23.2 Å². The van der Waals surface area contributed by atoms with E-state index in [-0.39, 0.29) is 22.1 Å². The molecule has 0 radical (unpaired) electrons. The van der Waals surface area contributed by atoms with E-state index in [4.69, 9.17) is 23.2 Å². The van der Waals surface area contributed by atoms with Crippen molar-refractivity contribution in [2.24, 2.45) is 0 Å². The topological polar surface area (TPSA) is 0 Å². The molecule has 1 rings (SSSR count). The molecular formula is C12H15Cl2F. The molecule has 0 nitrogen and oxygen atoms in total. The van der Waals surface area contributed by atoms with Gasteiger partial charge in [0.1, 0.15) is 5.82 Å². The van der Waals surface area contributed by atoms with E-state index < -0.39 is 0 Å². The van der Waals surface area contributed by atoms with Crippen molar-refractivity contribution in [1.29, 1.82) is 0 Å². The van der Waals surface area contributed by atoms with Gasteiger partial charge in [-0.15, -0.1) is 11.6 Å². The van der Waals surface area contributed by atoms with E-state index in [2.05, 4.69) is 6.92 Å². The Morgan fingerprint density at radius 2 is 2.07 bits per heavy atom. The van der Waals surface area contributed by atoms with Gasteiger partial charge in [-0.1, -0.05) is 37.9 Å². The van der Waals surface area contributed by atoms with Crippen LogP contribution in [-0.4, -0.2) is 5.38 Å². The lowest BCUT2D eigenvalue weighted by Crippen LogP contribution is -2.09. The number of halogens is 3. The van der Waals surface area contributed by atoms with Gasteiger partial charge in [0.2, 0.25) is 0 Å². The van der Waals surface area contributed by atoms with E-state index in [9.17, 15) is 4.39 Å². The second kappa shape index (κ2) is 5.72. The summed E-state index contributed by atoms with van der Waals surface area (Å²) in [5.74, 6) is -0.182. The van der Waals surface area contributed by atoms with Crippen molar-refractivity contribution in [3.05, 3.63) is 34.6 Å². The van der Waals surface area contributed by atoms with Crippen LogP contribution in [-0.2, 0) is 0 Å². The Hall–Kier alpha value is -0.270. The Labute approximate surface area is 100 Å². The summed E-state index contributed by atoms with van der Waals surface area (Å²) in [5, 5.41) is 0.247. The molecule has 0 N–H and O–H groups in total. The average Bonchev–Trinajstić information content (AvgIpc) is 2.21. The van der Waals surface area contributed by atoms with Gasteiger partial charge >= 0.3 is 0 Å². The molecule has 84 valence electrons. The molecule has 0 aliphatic rings. The Kier molecular flexibility index (Phi) is 4.88. The van der Waals surface area contributed by atoms with Gasteiger partial charge in [0.25, 0.3) is 0 Å². The summed E-state index contributed by atoms with van der Waals surface area (Å²) in [7, 11) is 0. The first kappa shape index (κ1) is 12.8. The van der Waals surface area contributed by atoms with Crippen LogP contribution in [0.25, 0.3) is 0 Å². The highest BCUT2D eigenvalue weighted by molar-refractivity contribution is 6.30. The van der Waals surface area contributed by atoms with E-state index in [0.717, 1.165) is 18.4 Å². The number of rotatable bonds is 4. The summed E-state index contributed by atoms with van der Waals surface area (Å²) >= 11 is 11.9. The number of hydrogen-bond acceptors (Lipinski definition) is 0. The molecule has 0 aliphatic carbocycles. The normalized spacial score (nSPS) is 15.0. The van der Waals surface area contributed by atoms with E-state index >= 15 is 0 Å². The lowest BCUT2D eigenvalue weighted by Gasteiger charge is -2.18. The zero-order valence-electron chi connectivity index (χ0n) is 8.93. The fourth-order valence-corrected chi connectivity index (χ4v) is 2.08. The molecular weight excluding hydrogens is 234 g/mol. The van der Waals surface area contributed by atoms with Crippen LogP contribution in [0.15, 0.2) is 18.2 Å². The van der Waals surface area contributed by atoms with Crippen LogP contribution in [0.2, 0.25) is 5.02 Å². The monoisotopic (exact) mass is 248 g/mol. The highest BCUT2D eigenvalue weighted by atomic mass is 35.5. The Bertz CT molecular complexity index is 325. The van der Waals surface area contributed by atoms with Gasteiger partial charge in [-0.2, -0.15) is 0 Å². The maximum Gasteiger partial charge on any atom is 0.141 e.